The molecular weight excluding hydrogens is 615 g/mol. The summed E-state index contributed by atoms with van der Waals surface area (Å²) in [7, 11) is -3.78. The third kappa shape index (κ3) is 8.24. The van der Waals surface area contributed by atoms with Gasteiger partial charge in [0.1, 0.15) is 17.3 Å². The molecule has 0 unspecified atom stereocenters. The zero-order valence-corrected chi connectivity index (χ0v) is 26.3. The van der Waals surface area contributed by atoms with E-state index in [1.54, 1.807) is 29.2 Å². The normalized spacial score (nSPS) is 20.5. The molecule has 1 aromatic heterocycles. The first-order valence-electron chi connectivity index (χ1n) is 14.9. The fraction of sp³-hybridized carbons (Fsp3) is 0.567. The molecule has 2 fully saturated rings. The molecule has 0 aliphatic carbocycles. The molecule has 0 radical (unpaired) electrons. The van der Waals surface area contributed by atoms with Crippen LogP contribution in [0.2, 0.25) is 0 Å². The molecule has 45 heavy (non-hydrogen) atoms. The molecule has 3 aliphatic heterocycles. The van der Waals surface area contributed by atoms with Crippen LogP contribution in [0.4, 0.5) is 23.9 Å². The van der Waals surface area contributed by atoms with Crippen LogP contribution in [0.1, 0.15) is 57.6 Å². The topological polar surface area (TPSA) is 123 Å². The molecule has 1 aromatic carbocycles. The van der Waals surface area contributed by atoms with Gasteiger partial charge in [-0.15, -0.1) is 0 Å². The number of ether oxygens (including phenoxy) is 3. The predicted octanol–water partition coefficient (Wildman–Crippen LogP) is 4.95. The molecule has 2 aromatic rings. The molecule has 0 spiro atoms. The third-order valence-corrected chi connectivity index (χ3v) is 9.59. The summed E-state index contributed by atoms with van der Waals surface area (Å²) in [6, 6.07) is 6.37. The van der Waals surface area contributed by atoms with Crippen LogP contribution in [0, 0.1) is 0 Å². The van der Waals surface area contributed by atoms with Crippen LogP contribution >= 0.6 is 0 Å². The number of piperidine rings is 1. The van der Waals surface area contributed by atoms with Gasteiger partial charge in [0.05, 0.1) is 18.1 Å². The summed E-state index contributed by atoms with van der Waals surface area (Å²) in [5, 5.41) is 3.04. The lowest BCUT2D eigenvalue weighted by atomic mass is 10.0. The number of nitrogens with zero attached hydrogens (tertiary/aromatic N) is 4. The third-order valence-electron chi connectivity index (χ3n) is 7.68. The van der Waals surface area contributed by atoms with E-state index in [0.717, 1.165) is 11.1 Å². The van der Waals surface area contributed by atoms with Gasteiger partial charge in [-0.25, -0.2) is 18.2 Å². The van der Waals surface area contributed by atoms with Gasteiger partial charge >= 0.3 is 12.3 Å². The molecule has 0 saturated carbocycles. The van der Waals surface area contributed by atoms with Crippen LogP contribution in [0.5, 0.6) is 5.88 Å². The van der Waals surface area contributed by atoms with E-state index < -0.39 is 39.3 Å². The second kappa shape index (κ2) is 13.1. The number of halogens is 3. The zero-order valence-electron chi connectivity index (χ0n) is 25.5. The van der Waals surface area contributed by atoms with Crippen molar-refractivity contribution in [2.75, 3.05) is 44.7 Å². The van der Waals surface area contributed by atoms with E-state index in [4.69, 9.17) is 14.2 Å². The lowest BCUT2D eigenvalue weighted by Gasteiger charge is -2.32. The summed E-state index contributed by atoms with van der Waals surface area (Å²) >= 11 is 0. The molecule has 1 amide bonds. The monoisotopic (exact) mass is 653 g/mol. The van der Waals surface area contributed by atoms with E-state index in [2.05, 4.69) is 15.3 Å². The van der Waals surface area contributed by atoms with E-state index >= 15 is 0 Å². The van der Waals surface area contributed by atoms with Crippen molar-refractivity contribution in [2.45, 2.75) is 75.3 Å². The molecule has 246 valence electrons. The maximum absolute atomic E-state index is 13.5. The Hall–Kier alpha value is -3.43. The molecule has 0 bridgehead atoms. The second-order valence-electron chi connectivity index (χ2n) is 12.3. The molecule has 4 heterocycles. The Morgan fingerprint density at radius 3 is 2.40 bits per heavy atom. The lowest BCUT2D eigenvalue weighted by molar-refractivity contribution is -0.139. The molecule has 15 heteroatoms. The van der Waals surface area contributed by atoms with Crippen LogP contribution in [-0.4, -0.2) is 90.8 Å². The Bertz CT molecular complexity index is 1500. The molecular formula is C30H38F3N5O6S. The maximum atomic E-state index is 13.5. The number of amides is 1. The summed E-state index contributed by atoms with van der Waals surface area (Å²) in [6.45, 7) is 7.37. The van der Waals surface area contributed by atoms with E-state index in [0.29, 0.717) is 51.6 Å². The van der Waals surface area contributed by atoms with Gasteiger partial charge in [-0.05, 0) is 63.3 Å². The van der Waals surface area contributed by atoms with Crippen LogP contribution in [0.15, 0.2) is 41.4 Å². The Labute approximate surface area is 260 Å². The van der Waals surface area contributed by atoms with Crippen molar-refractivity contribution < 1.29 is 40.6 Å². The van der Waals surface area contributed by atoms with Gasteiger partial charge in [0.15, 0.2) is 0 Å². The molecule has 2 saturated heterocycles. The summed E-state index contributed by atoms with van der Waals surface area (Å²) < 4.78 is 85.0. The summed E-state index contributed by atoms with van der Waals surface area (Å²) in [5.41, 5.74) is 0.0779. The van der Waals surface area contributed by atoms with Gasteiger partial charge in [0, 0.05) is 44.8 Å². The largest absolute Gasteiger partial charge is 0.471 e. The highest BCUT2D eigenvalue weighted by molar-refractivity contribution is 7.89. The van der Waals surface area contributed by atoms with Crippen LogP contribution in [-0.2, 0) is 25.7 Å². The number of alkyl halides is 3. The Morgan fingerprint density at radius 1 is 1.07 bits per heavy atom. The summed E-state index contributed by atoms with van der Waals surface area (Å²) in [6.07, 6.45) is -0.917. The number of hydrogen-bond donors (Lipinski definition) is 1. The summed E-state index contributed by atoms with van der Waals surface area (Å²) in [5.74, 6) is -0.573. The van der Waals surface area contributed by atoms with Gasteiger partial charge < -0.3 is 24.4 Å². The van der Waals surface area contributed by atoms with Crippen molar-refractivity contribution in [1.82, 2.24) is 19.2 Å². The van der Waals surface area contributed by atoms with Crippen molar-refractivity contribution in [1.29, 1.82) is 0 Å². The number of anilines is 1. The number of hydrogen-bond acceptors (Lipinski definition) is 9. The van der Waals surface area contributed by atoms with E-state index in [-0.39, 0.29) is 42.7 Å². The number of benzene rings is 1. The quantitative estimate of drug-likeness (QED) is 0.442. The van der Waals surface area contributed by atoms with Gasteiger partial charge in [-0.2, -0.15) is 22.5 Å². The number of carbonyl (C=O) groups excluding carboxylic acids is 1. The molecule has 11 nitrogen and oxygen atoms in total. The average molecular weight is 654 g/mol. The van der Waals surface area contributed by atoms with E-state index in [1.807, 2.05) is 26.8 Å². The Balaban J connectivity index is 1.18. The second-order valence-corrected chi connectivity index (χ2v) is 14.2. The SMILES string of the molecule is CC(C)(C)OC(=O)N1CCC=C(c2ccc(S(=O)(=O)N3CCC(Nc4ncc(C(F)(F)F)c(O[C@H]5CCOC5)n4)CC3)cc2)C1. The fourth-order valence-corrected chi connectivity index (χ4v) is 6.80. The van der Waals surface area contributed by atoms with Crippen LogP contribution < -0.4 is 10.1 Å². The highest BCUT2D eigenvalue weighted by atomic mass is 32.2. The zero-order chi connectivity index (χ0) is 32.4. The molecule has 1 N–H and O–H groups in total. The van der Waals surface area contributed by atoms with Crippen molar-refractivity contribution in [2.24, 2.45) is 0 Å². The lowest BCUT2D eigenvalue weighted by Crippen LogP contribution is -2.42. The van der Waals surface area contributed by atoms with Crippen molar-refractivity contribution >= 4 is 27.6 Å². The standard InChI is InChI=1S/C30H38F3N5O6S/c1-29(2,3)44-28(39)37-13-4-5-21(18-37)20-6-8-24(9-7-20)45(40,41)38-14-10-22(11-15-38)35-27-34-17-25(30(31,32)33)26(36-27)43-23-12-16-42-19-23/h5-9,17,22-23H,4,10-16,18-19H2,1-3H3,(H,34,35,36)/t23-/m0/s1. The highest BCUT2D eigenvalue weighted by Gasteiger charge is 2.38. The smallest absolute Gasteiger partial charge is 0.423 e. The first-order valence-corrected chi connectivity index (χ1v) is 16.4. The fourth-order valence-electron chi connectivity index (χ4n) is 5.33. The van der Waals surface area contributed by atoms with E-state index in [9.17, 15) is 26.4 Å². The Kier molecular flexibility index (Phi) is 9.61. The van der Waals surface area contributed by atoms with Gasteiger partial charge in [-0.3, -0.25) is 0 Å². The van der Waals surface area contributed by atoms with Crippen LogP contribution in [0.25, 0.3) is 5.57 Å². The molecule has 1 atom stereocenters. The number of rotatable bonds is 7. The number of aromatic nitrogens is 2. The maximum Gasteiger partial charge on any atom is 0.423 e. The summed E-state index contributed by atoms with van der Waals surface area (Å²) in [4.78, 5) is 22.2. The Morgan fingerprint density at radius 2 is 1.78 bits per heavy atom. The minimum absolute atomic E-state index is 0.0175. The molecule has 3 aliphatic rings. The van der Waals surface area contributed by atoms with Gasteiger partial charge in [0.2, 0.25) is 21.9 Å². The first kappa shape index (κ1) is 32.9. The average Bonchev–Trinajstić information content (AvgIpc) is 3.49. The van der Waals surface area contributed by atoms with Gasteiger partial charge in [0.25, 0.3) is 0 Å². The first-order chi connectivity index (χ1) is 21.2. The number of sulfonamides is 1. The predicted molar refractivity (Wildman–Crippen MR) is 159 cm³/mol. The minimum Gasteiger partial charge on any atom is -0.471 e. The highest BCUT2D eigenvalue weighted by Crippen LogP contribution is 2.36. The van der Waals surface area contributed by atoms with Gasteiger partial charge in [-0.1, -0.05) is 18.2 Å². The number of carbonyl (C=O) groups is 1. The van der Waals surface area contributed by atoms with Crippen LogP contribution in [0.3, 0.4) is 0 Å². The minimum atomic E-state index is -4.68. The number of nitrogens with one attached hydrogen (secondary N) is 1. The van der Waals surface area contributed by atoms with Crippen molar-refractivity contribution in [3.8, 4) is 5.88 Å². The van der Waals surface area contributed by atoms with Crippen molar-refractivity contribution in [3.05, 3.63) is 47.7 Å². The molecule has 5 rings (SSSR count). The van der Waals surface area contributed by atoms with E-state index in [1.165, 1.54) is 4.31 Å². The van der Waals surface area contributed by atoms with Crippen molar-refractivity contribution in [3.63, 3.8) is 0 Å².